The first-order valence-electron chi connectivity index (χ1n) is 27.7. The van der Waals surface area contributed by atoms with Crippen molar-refractivity contribution in [2.75, 3.05) is 4.90 Å². The third-order valence-electron chi connectivity index (χ3n) is 18.8. The van der Waals surface area contributed by atoms with E-state index in [0.717, 1.165) is 18.5 Å². The Morgan fingerprint density at radius 2 is 0.789 bits per heavy atom. The molecule has 0 saturated carbocycles. The van der Waals surface area contributed by atoms with Gasteiger partial charge in [-0.25, -0.2) is 0 Å². The quantitative estimate of drug-likeness (QED) is 0.170. The summed E-state index contributed by atoms with van der Waals surface area (Å²) in [5.41, 5.74) is 32.4. The molecule has 0 aromatic heterocycles. The van der Waals surface area contributed by atoms with Crippen LogP contribution in [0.5, 0.6) is 0 Å². The first-order valence-corrected chi connectivity index (χ1v) is 27.7. The van der Waals surface area contributed by atoms with Crippen LogP contribution in [0.2, 0.25) is 0 Å². The lowest BCUT2D eigenvalue weighted by molar-refractivity contribution is 0.589. The lowest BCUT2D eigenvalue weighted by Gasteiger charge is -2.34. The Balaban J connectivity index is 1.02. The van der Waals surface area contributed by atoms with Crippen LogP contribution in [0, 0.1) is 0 Å². The Morgan fingerprint density at radius 3 is 1.42 bits per heavy atom. The summed E-state index contributed by atoms with van der Waals surface area (Å²) in [6.45, 7) is 18.9. The normalized spacial score (nSPS) is 17.1. The van der Waals surface area contributed by atoms with Gasteiger partial charge in [0.25, 0.3) is 0 Å². The summed E-state index contributed by atoms with van der Waals surface area (Å²) < 4.78 is 0. The summed E-state index contributed by atoms with van der Waals surface area (Å²) in [5.74, 6) is 0. The van der Waals surface area contributed by atoms with Crippen molar-refractivity contribution in [3.05, 3.63) is 279 Å². The molecule has 15 rings (SSSR count). The van der Waals surface area contributed by atoms with Crippen LogP contribution in [0.1, 0.15) is 129 Å². The summed E-state index contributed by atoms with van der Waals surface area (Å²) >= 11 is 0. The summed E-state index contributed by atoms with van der Waals surface area (Å²) in [6, 6.07) is 82.9. The molecule has 1 atom stereocenters. The number of aryl methyl sites for hydroxylation is 1. The van der Waals surface area contributed by atoms with E-state index in [1.165, 1.54) is 134 Å². The molecule has 0 saturated heterocycles. The fraction of sp³-hybridized carbons (Fsp3) is 0.200. The van der Waals surface area contributed by atoms with Gasteiger partial charge in [-0.05, 0) is 171 Å². The van der Waals surface area contributed by atoms with E-state index in [1.54, 1.807) is 0 Å². The molecule has 5 aliphatic rings. The average Bonchev–Trinajstić information content (AvgIpc) is 4.33. The van der Waals surface area contributed by atoms with Gasteiger partial charge in [0, 0.05) is 27.8 Å². The predicted molar refractivity (Wildman–Crippen MR) is 318 cm³/mol. The van der Waals surface area contributed by atoms with Gasteiger partial charge in [-0.2, -0.15) is 0 Å². The highest BCUT2D eigenvalue weighted by atomic mass is 15.1. The molecule has 1 nitrogen and oxygen atoms in total. The zero-order valence-corrected chi connectivity index (χ0v) is 45.1. The van der Waals surface area contributed by atoms with Gasteiger partial charge in [0.2, 0.25) is 0 Å². The van der Waals surface area contributed by atoms with Gasteiger partial charge in [0.15, 0.2) is 0 Å². The van der Waals surface area contributed by atoms with Crippen molar-refractivity contribution in [2.24, 2.45) is 0 Å². The molecule has 0 fully saturated rings. The molecule has 2 spiro atoms. The number of nitrogens with zero attached hydrogens (tertiary/aromatic N) is 1. The number of hydrogen-bond donors (Lipinski definition) is 0. The predicted octanol–water partition coefficient (Wildman–Crippen LogP) is 19.3. The first-order chi connectivity index (χ1) is 36.7. The van der Waals surface area contributed by atoms with E-state index >= 15 is 0 Å². The summed E-state index contributed by atoms with van der Waals surface area (Å²) in [4.78, 5) is 2.63. The Bertz CT molecular complexity index is 4060. The molecular weight excluding hydrogens is 915 g/mol. The van der Waals surface area contributed by atoms with Crippen LogP contribution in [-0.2, 0) is 33.5 Å². The molecule has 0 amide bonds. The molecule has 10 aromatic rings. The van der Waals surface area contributed by atoms with Crippen LogP contribution < -0.4 is 4.90 Å². The van der Waals surface area contributed by atoms with Crippen molar-refractivity contribution in [2.45, 2.75) is 95.3 Å². The maximum Gasteiger partial charge on any atom is 0.0726 e. The number of hydrogen-bond acceptors (Lipinski definition) is 1. The highest BCUT2D eigenvalue weighted by Crippen LogP contribution is 2.65. The molecule has 0 radical (unpaired) electrons. The standard InChI is InChI=1S/C75H63N/c1-71(2,3)47-32-38-65-59(42-47)60-43-48(72(4,5)6)33-39-66(60)75(65)64-30-17-12-22-52(64)55-37-35-50(45-68(55)75)76(69-31-18-13-24-56(69)58-26-19-25-57-53-23-10-15-28-62(53)73(7,8)70(57)58)49-34-36-54-51-21-11-16-29-63(51)74(67(54)44-49)41-40-46-20-9-14-27-61(46)74/h9-39,42-45H,40-41H2,1-8H3. The molecule has 0 aliphatic heterocycles. The van der Waals surface area contributed by atoms with E-state index in [0.29, 0.717) is 0 Å². The highest BCUT2D eigenvalue weighted by molar-refractivity contribution is 5.99. The van der Waals surface area contributed by atoms with Crippen molar-refractivity contribution in [1.29, 1.82) is 0 Å². The molecule has 1 unspecified atom stereocenters. The van der Waals surface area contributed by atoms with Crippen molar-refractivity contribution >= 4 is 17.1 Å². The minimum absolute atomic E-state index is 0.00754. The van der Waals surface area contributed by atoms with Gasteiger partial charge in [-0.15, -0.1) is 0 Å². The largest absolute Gasteiger partial charge is 0.310 e. The van der Waals surface area contributed by atoms with E-state index in [-0.39, 0.29) is 21.7 Å². The maximum atomic E-state index is 2.63. The number of fused-ring (bicyclic) bond motifs is 20. The van der Waals surface area contributed by atoms with Crippen LogP contribution in [0.15, 0.2) is 212 Å². The van der Waals surface area contributed by atoms with Crippen LogP contribution >= 0.6 is 0 Å². The van der Waals surface area contributed by atoms with E-state index < -0.39 is 5.41 Å². The molecule has 0 bridgehead atoms. The van der Waals surface area contributed by atoms with Crippen LogP contribution in [-0.4, -0.2) is 0 Å². The maximum absolute atomic E-state index is 2.63. The second-order valence-electron chi connectivity index (χ2n) is 25.1. The van der Waals surface area contributed by atoms with Gasteiger partial charge in [-0.1, -0.05) is 237 Å². The molecule has 0 N–H and O–H groups in total. The smallest absolute Gasteiger partial charge is 0.0726 e. The zero-order valence-electron chi connectivity index (χ0n) is 45.1. The molecule has 0 heterocycles. The number of rotatable bonds is 4. The topological polar surface area (TPSA) is 3.24 Å². The average molecular weight is 978 g/mol. The van der Waals surface area contributed by atoms with E-state index in [2.05, 4.69) is 273 Å². The fourth-order valence-corrected chi connectivity index (χ4v) is 15.3. The van der Waals surface area contributed by atoms with Crippen LogP contribution in [0.3, 0.4) is 0 Å². The summed E-state index contributed by atoms with van der Waals surface area (Å²) in [6.07, 6.45) is 2.11. The van der Waals surface area contributed by atoms with Crippen LogP contribution in [0.25, 0.3) is 55.6 Å². The Kier molecular flexibility index (Phi) is 9.29. The summed E-state index contributed by atoms with van der Waals surface area (Å²) in [5, 5.41) is 0. The number of anilines is 3. The van der Waals surface area contributed by atoms with E-state index in [4.69, 9.17) is 0 Å². The monoisotopic (exact) mass is 977 g/mol. The third-order valence-corrected chi connectivity index (χ3v) is 18.8. The molecule has 10 aromatic carbocycles. The fourth-order valence-electron chi connectivity index (χ4n) is 15.3. The Labute approximate surface area is 449 Å². The van der Waals surface area contributed by atoms with Gasteiger partial charge in [0.1, 0.15) is 0 Å². The molecular formula is C75H63N. The van der Waals surface area contributed by atoms with E-state index in [9.17, 15) is 0 Å². The molecule has 5 aliphatic carbocycles. The highest BCUT2D eigenvalue weighted by Gasteiger charge is 2.53. The number of para-hydroxylation sites is 1. The molecule has 76 heavy (non-hydrogen) atoms. The third kappa shape index (κ3) is 5.92. The van der Waals surface area contributed by atoms with Crippen molar-refractivity contribution in [3.63, 3.8) is 0 Å². The Morgan fingerprint density at radius 1 is 0.342 bits per heavy atom. The molecule has 1 heteroatoms. The minimum atomic E-state index is -0.530. The van der Waals surface area contributed by atoms with Crippen molar-refractivity contribution < 1.29 is 0 Å². The van der Waals surface area contributed by atoms with Gasteiger partial charge >= 0.3 is 0 Å². The number of benzene rings is 10. The second-order valence-corrected chi connectivity index (χ2v) is 25.1. The zero-order chi connectivity index (χ0) is 51.7. The van der Waals surface area contributed by atoms with Gasteiger partial charge < -0.3 is 4.90 Å². The van der Waals surface area contributed by atoms with Gasteiger partial charge in [0.05, 0.1) is 11.1 Å². The lowest BCUT2D eigenvalue weighted by atomic mass is 9.70. The Hall–Kier alpha value is -8.00. The SMILES string of the molecule is CC(C)(C)c1ccc2c(c1)-c1cc(C(C)(C)C)ccc1C21c2ccccc2-c2ccc(N(c3ccc4c(c3)C3(CCc5ccccc53)c3ccccc3-4)c3ccccc3-c3cccc4c3C(C)(C)c3ccccc3-4)cc21. The summed E-state index contributed by atoms with van der Waals surface area (Å²) in [7, 11) is 0. The minimum Gasteiger partial charge on any atom is -0.310 e. The second kappa shape index (κ2) is 15.5. The molecule has 368 valence electrons. The van der Waals surface area contributed by atoms with E-state index in [1.807, 2.05) is 0 Å². The van der Waals surface area contributed by atoms with Crippen LogP contribution in [0.4, 0.5) is 17.1 Å². The van der Waals surface area contributed by atoms with Gasteiger partial charge in [-0.3, -0.25) is 0 Å². The first kappa shape index (κ1) is 45.4. The van der Waals surface area contributed by atoms with Crippen molar-refractivity contribution in [3.8, 4) is 55.6 Å². The lowest BCUT2D eigenvalue weighted by Crippen LogP contribution is -2.26. The van der Waals surface area contributed by atoms with Crippen molar-refractivity contribution in [1.82, 2.24) is 0 Å².